The largest absolute Gasteiger partial charge is 0.489 e. The Morgan fingerprint density at radius 2 is 1.85 bits per heavy atom. The van der Waals surface area contributed by atoms with Crippen LogP contribution in [0, 0.1) is 5.41 Å². The van der Waals surface area contributed by atoms with Gasteiger partial charge in [-0.15, -0.1) is 12.4 Å². The van der Waals surface area contributed by atoms with E-state index < -0.39 is 0 Å². The molecule has 2 bridgehead atoms. The molecule has 0 aliphatic heterocycles. The van der Waals surface area contributed by atoms with E-state index in [-0.39, 0.29) is 42.3 Å². The average molecular weight is 397 g/mol. The third-order valence-corrected chi connectivity index (χ3v) is 6.49. The van der Waals surface area contributed by atoms with E-state index in [2.05, 4.69) is 17.4 Å². The van der Waals surface area contributed by atoms with Crippen molar-refractivity contribution in [2.24, 2.45) is 11.1 Å². The normalized spacial score (nSPS) is 27.4. The predicted molar refractivity (Wildman–Crippen MR) is 108 cm³/mol. The summed E-state index contributed by atoms with van der Waals surface area (Å²) < 4.78 is 18.2. The van der Waals surface area contributed by atoms with E-state index in [4.69, 9.17) is 10.5 Å². The summed E-state index contributed by atoms with van der Waals surface area (Å²) in [5.74, 6) is 0.940. The van der Waals surface area contributed by atoms with Gasteiger partial charge in [-0.1, -0.05) is 18.6 Å². The number of fused-ring (bicyclic) bond motifs is 4. The summed E-state index contributed by atoms with van der Waals surface area (Å²) in [7, 11) is 1.75. The average Bonchev–Trinajstić information content (AvgIpc) is 3.01. The van der Waals surface area contributed by atoms with Gasteiger partial charge in [-0.05, 0) is 61.6 Å². The molecule has 3 N–H and O–H groups in total. The molecule has 3 aliphatic rings. The smallest absolute Gasteiger partial charge is 0.225 e. The number of carbonyl (C=O) groups excluding carboxylic acids is 1. The minimum atomic E-state index is -0.158. The molecule has 27 heavy (non-hydrogen) atoms. The molecule has 150 valence electrons. The first kappa shape index (κ1) is 21.7. The lowest BCUT2D eigenvalue weighted by Crippen LogP contribution is -2.43. The molecule has 0 atom stereocenters. The van der Waals surface area contributed by atoms with Crippen molar-refractivity contribution in [1.82, 2.24) is 5.32 Å². The summed E-state index contributed by atoms with van der Waals surface area (Å²) in [6, 6.07) is 8.19. The molecular formula is C21H30ClFN2O2. The SMILES string of the molecule is CNC(=O)C12CCCC(c3ccc(OC/C(=C/F)CN)cc3)(CC1)CC2.Cl. The Hall–Kier alpha value is -1.59. The van der Waals surface area contributed by atoms with Crippen LogP contribution in [0.25, 0.3) is 0 Å². The van der Waals surface area contributed by atoms with Gasteiger partial charge in [0.1, 0.15) is 12.4 Å². The van der Waals surface area contributed by atoms with Crippen LogP contribution in [0.5, 0.6) is 5.75 Å². The van der Waals surface area contributed by atoms with Crippen molar-refractivity contribution in [2.45, 2.75) is 50.4 Å². The van der Waals surface area contributed by atoms with E-state index >= 15 is 0 Å². The fraction of sp³-hybridized carbons (Fsp3) is 0.571. The monoisotopic (exact) mass is 396 g/mol. The second kappa shape index (κ2) is 9.07. The minimum absolute atomic E-state index is 0. The number of benzene rings is 1. The van der Waals surface area contributed by atoms with Crippen LogP contribution in [-0.2, 0) is 10.2 Å². The predicted octanol–water partition coefficient (Wildman–Crippen LogP) is 4.03. The second-order valence-corrected chi connectivity index (χ2v) is 7.78. The summed E-state index contributed by atoms with van der Waals surface area (Å²) in [5, 5.41) is 2.88. The lowest BCUT2D eigenvalue weighted by Gasteiger charge is -2.42. The van der Waals surface area contributed by atoms with Crippen LogP contribution < -0.4 is 15.8 Å². The molecular weight excluding hydrogens is 367 g/mol. The van der Waals surface area contributed by atoms with Gasteiger partial charge in [-0.2, -0.15) is 0 Å². The molecule has 1 amide bonds. The van der Waals surface area contributed by atoms with Crippen molar-refractivity contribution in [1.29, 1.82) is 0 Å². The van der Waals surface area contributed by atoms with Crippen LogP contribution in [0.1, 0.15) is 50.5 Å². The number of rotatable bonds is 6. The Balaban J connectivity index is 0.00000261. The molecule has 3 fully saturated rings. The molecule has 0 saturated heterocycles. The van der Waals surface area contributed by atoms with E-state index in [0.717, 1.165) is 50.7 Å². The number of ether oxygens (including phenoxy) is 1. The highest BCUT2D eigenvalue weighted by atomic mass is 35.5. The van der Waals surface area contributed by atoms with E-state index in [1.54, 1.807) is 7.05 Å². The van der Waals surface area contributed by atoms with Crippen molar-refractivity contribution in [3.63, 3.8) is 0 Å². The standard InChI is InChI=1S/C21H29FN2O2.ClH/c1-24-19(25)21-8-2-7-20(9-11-21,10-12-21)17-3-5-18(6-4-17)26-15-16(13-22)14-23;/h3-6,13H,2,7-12,14-15,23H2,1H3,(H,24,25);1H/b16-13+;. The zero-order chi connectivity index (χ0) is 18.6. The van der Waals surface area contributed by atoms with Gasteiger partial charge in [-0.3, -0.25) is 4.79 Å². The topological polar surface area (TPSA) is 64.3 Å². The molecule has 0 unspecified atom stereocenters. The first-order valence-corrected chi connectivity index (χ1v) is 9.51. The van der Waals surface area contributed by atoms with E-state index in [1.165, 1.54) is 5.56 Å². The number of halogens is 2. The van der Waals surface area contributed by atoms with Crippen LogP contribution in [0.3, 0.4) is 0 Å². The van der Waals surface area contributed by atoms with Gasteiger partial charge in [-0.25, -0.2) is 4.39 Å². The summed E-state index contributed by atoms with van der Waals surface area (Å²) in [5.41, 5.74) is 7.24. The van der Waals surface area contributed by atoms with Crippen molar-refractivity contribution >= 4 is 18.3 Å². The molecule has 4 rings (SSSR count). The van der Waals surface area contributed by atoms with Gasteiger partial charge in [0.05, 0.1) is 6.33 Å². The van der Waals surface area contributed by atoms with Gasteiger partial charge in [0.2, 0.25) is 5.91 Å². The zero-order valence-electron chi connectivity index (χ0n) is 15.9. The van der Waals surface area contributed by atoms with Crippen LogP contribution in [0.15, 0.2) is 36.2 Å². The minimum Gasteiger partial charge on any atom is -0.489 e. The molecule has 1 aromatic carbocycles. The number of hydrogen-bond donors (Lipinski definition) is 2. The maximum Gasteiger partial charge on any atom is 0.225 e. The third kappa shape index (κ3) is 4.30. The van der Waals surface area contributed by atoms with E-state index in [9.17, 15) is 9.18 Å². The van der Waals surface area contributed by atoms with Crippen molar-refractivity contribution in [2.75, 3.05) is 20.2 Å². The number of nitrogens with one attached hydrogen (secondary N) is 1. The fourth-order valence-electron chi connectivity index (χ4n) is 4.73. The molecule has 0 heterocycles. The Morgan fingerprint density at radius 3 is 2.41 bits per heavy atom. The molecule has 3 aliphatic carbocycles. The molecule has 1 aromatic rings. The van der Waals surface area contributed by atoms with Crippen LogP contribution in [-0.4, -0.2) is 26.1 Å². The first-order chi connectivity index (χ1) is 12.6. The molecule has 6 heteroatoms. The van der Waals surface area contributed by atoms with Gasteiger partial charge < -0.3 is 15.8 Å². The quantitative estimate of drug-likeness (QED) is 0.763. The third-order valence-electron chi connectivity index (χ3n) is 6.49. The number of amides is 1. The highest BCUT2D eigenvalue weighted by Gasteiger charge is 2.49. The van der Waals surface area contributed by atoms with Gasteiger partial charge in [0.15, 0.2) is 0 Å². The molecule has 0 radical (unpaired) electrons. The Kier molecular flexibility index (Phi) is 7.29. The fourth-order valence-corrected chi connectivity index (χ4v) is 4.73. The maximum atomic E-state index is 12.6. The maximum absolute atomic E-state index is 12.6. The highest BCUT2D eigenvalue weighted by molar-refractivity contribution is 5.85. The summed E-state index contributed by atoms with van der Waals surface area (Å²) in [6.07, 6.45) is 7.77. The van der Waals surface area contributed by atoms with Crippen molar-refractivity contribution < 1.29 is 13.9 Å². The van der Waals surface area contributed by atoms with Crippen LogP contribution >= 0.6 is 12.4 Å². The van der Waals surface area contributed by atoms with Gasteiger partial charge >= 0.3 is 0 Å². The summed E-state index contributed by atoms with van der Waals surface area (Å²) in [6.45, 7) is 0.330. The van der Waals surface area contributed by atoms with Gasteiger partial charge in [0, 0.05) is 24.6 Å². The lowest BCUT2D eigenvalue weighted by molar-refractivity contribution is -0.132. The molecule has 4 nitrogen and oxygen atoms in total. The first-order valence-electron chi connectivity index (χ1n) is 9.51. The summed E-state index contributed by atoms with van der Waals surface area (Å²) in [4.78, 5) is 12.4. The lowest BCUT2D eigenvalue weighted by atomic mass is 9.62. The van der Waals surface area contributed by atoms with E-state index in [1.807, 2.05) is 12.1 Å². The highest BCUT2D eigenvalue weighted by Crippen LogP contribution is 2.55. The van der Waals surface area contributed by atoms with Crippen LogP contribution in [0.2, 0.25) is 0 Å². The Labute approximate surface area is 167 Å². The summed E-state index contributed by atoms with van der Waals surface area (Å²) >= 11 is 0. The number of nitrogens with two attached hydrogens (primary N) is 1. The molecule has 0 spiro atoms. The van der Waals surface area contributed by atoms with Crippen molar-refractivity contribution in [3.8, 4) is 5.75 Å². The Morgan fingerprint density at radius 1 is 1.19 bits per heavy atom. The Bertz CT molecular complexity index is 667. The van der Waals surface area contributed by atoms with Gasteiger partial charge in [0.25, 0.3) is 0 Å². The van der Waals surface area contributed by atoms with E-state index in [0.29, 0.717) is 11.9 Å². The zero-order valence-corrected chi connectivity index (χ0v) is 16.7. The molecule has 0 aromatic heterocycles. The van der Waals surface area contributed by atoms with Crippen molar-refractivity contribution in [3.05, 3.63) is 41.7 Å². The second-order valence-electron chi connectivity index (χ2n) is 7.78. The number of hydrogen-bond acceptors (Lipinski definition) is 3. The molecule has 3 saturated carbocycles. The van der Waals surface area contributed by atoms with Crippen LogP contribution in [0.4, 0.5) is 4.39 Å². The number of carbonyl (C=O) groups is 1.